The van der Waals surface area contributed by atoms with Gasteiger partial charge >= 0.3 is 5.97 Å². The lowest BCUT2D eigenvalue weighted by Crippen LogP contribution is -2.28. The summed E-state index contributed by atoms with van der Waals surface area (Å²) in [5, 5.41) is 8.87. The number of aliphatic carboxylic acids is 1. The van der Waals surface area contributed by atoms with E-state index in [-0.39, 0.29) is 6.42 Å². The van der Waals surface area contributed by atoms with Crippen LogP contribution in [0.5, 0.6) is 0 Å². The Balaban J connectivity index is 2.79. The minimum absolute atomic E-state index is 0.154. The van der Waals surface area contributed by atoms with Crippen LogP contribution in [0.3, 0.4) is 0 Å². The van der Waals surface area contributed by atoms with Crippen molar-refractivity contribution in [2.24, 2.45) is 0 Å². The highest BCUT2D eigenvalue weighted by molar-refractivity contribution is 5.67. The minimum Gasteiger partial charge on any atom is -0.481 e. The van der Waals surface area contributed by atoms with Gasteiger partial charge in [-0.25, -0.2) is 4.98 Å². The molecule has 5 heteroatoms. The smallest absolute Gasteiger partial charge is 0.305 e. The molecule has 21 heavy (non-hydrogen) atoms. The van der Waals surface area contributed by atoms with E-state index in [1.807, 2.05) is 18.3 Å². The van der Waals surface area contributed by atoms with Gasteiger partial charge in [-0.2, -0.15) is 0 Å². The first-order chi connectivity index (χ1) is 10.1. The zero-order chi connectivity index (χ0) is 15.7. The molecule has 0 saturated heterocycles. The number of hydrogen-bond acceptors (Lipinski definition) is 4. The molecule has 0 aliphatic rings. The first-order valence-corrected chi connectivity index (χ1v) is 7.80. The second kappa shape index (κ2) is 9.21. The number of aromatic nitrogens is 1. The van der Waals surface area contributed by atoms with Gasteiger partial charge in [0.05, 0.1) is 18.3 Å². The molecule has 0 aliphatic carbocycles. The second-order valence-corrected chi connectivity index (χ2v) is 5.03. The monoisotopic (exact) mass is 293 g/mol. The van der Waals surface area contributed by atoms with Crippen molar-refractivity contribution in [2.75, 3.05) is 36.0 Å². The third kappa shape index (κ3) is 5.61. The minimum atomic E-state index is -0.760. The Labute approximate surface area is 127 Å². The first-order valence-electron chi connectivity index (χ1n) is 7.80. The molecule has 1 heterocycles. The summed E-state index contributed by atoms with van der Waals surface area (Å²) in [5.41, 5.74) is 1.00. The van der Waals surface area contributed by atoms with Crippen LogP contribution in [0.15, 0.2) is 18.3 Å². The van der Waals surface area contributed by atoms with Crippen molar-refractivity contribution in [2.45, 2.75) is 40.0 Å². The lowest BCUT2D eigenvalue weighted by atomic mass is 10.2. The van der Waals surface area contributed by atoms with E-state index in [1.165, 1.54) is 0 Å². The average molecular weight is 293 g/mol. The largest absolute Gasteiger partial charge is 0.481 e. The molecule has 118 valence electrons. The third-order valence-corrected chi connectivity index (χ3v) is 3.56. The van der Waals surface area contributed by atoms with Gasteiger partial charge in [-0.1, -0.05) is 13.3 Å². The number of nitrogens with zero attached hydrogens (tertiary/aromatic N) is 3. The standard InChI is InChI=1S/C16H27N3O2/c1-4-7-11-19(12-10-16(20)21)14-8-9-15(17-13-14)18(5-2)6-3/h8-9,13H,4-7,10-12H2,1-3H3,(H,20,21). The van der Waals surface area contributed by atoms with Crippen LogP contribution in [0, 0.1) is 0 Å². The molecule has 0 radical (unpaired) electrons. The number of carbonyl (C=O) groups is 1. The molecule has 0 aliphatic heterocycles. The highest BCUT2D eigenvalue weighted by Gasteiger charge is 2.10. The molecule has 0 bridgehead atoms. The van der Waals surface area contributed by atoms with Gasteiger partial charge in [0, 0.05) is 26.2 Å². The average Bonchev–Trinajstić information content (AvgIpc) is 2.49. The lowest BCUT2D eigenvalue weighted by Gasteiger charge is -2.25. The van der Waals surface area contributed by atoms with E-state index < -0.39 is 5.97 Å². The second-order valence-electron chi connectivity index (χ2n) is 5.03. The molecule has 0 aromatic carbocycles. The van der Waals surface area contributed by atoms with Gasteiger partial charge in [-0.3, -0.25) is 4.79 Å². The fourth-order valence-electron chi connectivity index (χ4n) is 2.25. The summed E-state index contributed by atoms with van der Waals surface area (Å²) in [4.78, 5) is 19.6. The van der Waals surface area contributed by atoms with Gasteiger partial charge in [-0.05, 0) is 32.4 Å². The maximum atomic E-state index is 10.8. The summed E-state index contributed by atoms with van der Waals surface area (Å²) in [6.45, 7) is 9.62. The molecular formula is C16H27N3O2. The fraction of sp³-hybridized carbons (Fsp3) is 0.625. The molecule has 1 aromatic heterocycles. The number of pyridine rings is 1. The third-order valence-electron chi connectivity index (χ3n) is 3.56. The van der Waals surface area contributed by atoms with Gasteiger partial charge in [0.2, 0.25) is 0 Å². The van der Waals surface area contributed by atoms with E-state index in [0.717, 1.165) is 44.0 Å². The Morgan fingerprint density at radius 3 is 2.33 bits per heavy atom. The van der Waals surface area contributed by atoms with Crippen LogP contribution in [0.2, 0.25) is 0 Å². The van der Waals surface area contributed by atoms with E-state index in [1.54, 1.807) is 0 Å². The quantitative estimate of drug-likeness (QED) is 0.718. The normalized spacial score (nSPS) is 10.4. The van der Waals surface area contributed by atoms with Crippen molar-refractivity contribution < 1.29 is 9.90 Å². The van der Waals surface area contributed by atoms with Gasteiger partial charge in [0.1, 0.15) is 5.82 Å². The molecule has 0 saturated carbocycles. The van der Waals surface area contributed by atoms with Gasteiger partial charge in [-0.15, -0.1) is 0 Å². The van der Waals surface area contributed by atoms with Gasteiger partial charge in [0.25, 0.3) is 0 Å². The van der Waals surface area contributed by atoms with Crippen molar-refractivity contribution in [1.29, 1.82) is 0 Å². The van der Waals surface area contributed by atoms with Crippen molar-refractivity contribution in [1.82, 2.24) is 4.98 Å². The van der Waals surface area contributed by atoms with Crippen LogP contribution in [0.4, 0.5) is 11.5 Å². The molecule has 0 atom stereocenters. The number of unbranched alkanes of at least 4 members (excludes halogenated alkanes) is 1. The Hall–Kier alpha value is -1.78. The zero-order valence-electron chi connectivity index (χ0n) is 13.4. The molecule has 0 unspecified atom stereocenters. The van der Waals surface area contributed by atoms with Crippen LogP contribution in [-0.4, -0.2) is 42.2 Å². The highest BCUT2D eigenvalue weighted by Crippen LogP contribution is 2.18. The number of anilines is 2. The van der Waals surface area contributed by atoms with Crippen LogP contribution in [-0.2, 0) is 4.79 Å². The number of carboxylic acid groups (broad SMARTS) is 1. The van der Waals surface area contributed by atoms with Crippen molar-refractivity contribution in [3.8, 4) is 0 Å². The molecule has 1 rings (SSSR count). The Bertz CT molecular complexity index is 416. The number of carboxylic acids is 1. The van der Waals surface area contributed by atoms with E-state index in [0.29, 0.717) is 6.54 Å². The SMILES string of the molecule is CCCCN(CCC(=O)O)c1ccc(N(CC)CC)nc1. The summed E-state index contributed by atoms with van der Waals surface area (Å²) in [5.74, 6) is 0.210. The van der Waals surface area contributed by atoms with Crippen LogP contribution < -0.4 is 9.80 Å². The van der Waals surface area contributed by atoms with Crippen LogP contribution in [0.1, 0.15) is 40.0 Å². The molecular weight excluding hydrogens is 266 g/mol. The molecule has 1 aromatic rings. The van der Waals surface area contributed by atoms with Crippen molar-refractivity contribution in [3.63, 3.8) is 0 Å². The molecule has 0 spiro atoms. The van der Waals surface area contributed by atoms with Crippen LogP contribution in [0.25, 0.3) is 0 Å². The topological polar surface area (TPSA) is 56.7 Å². The van der Waals surface area contributed by atoms with Crippen LogP contribution >= 0.6 is 0 Å². The highest BCUT2D eigenvalue weighted by atomic mass is 16.4. The summed E-state index contributed by atoms with van der Waals surface area (Å²) in [7, 11) is 0. The predicted molar refractivity (Wildman–Crippen MR) is 87.2 cm³/mol. The first kappa shape index (κ1) is 17.3. The summed E-state index contributed by atoms with van der Waals surface area (Å²) in [6, 6.07) is 4.06. The molecule has 0 fully saturated rings. The molecule has 5 nitrogen and oxygen atoms in total. The summed E-state index contributed by atoms with van der Waals surface area (Å²) < 4.78 is 0. The molecule has 0 amide bonds. The summed E-state index contributed by atoms with van der Waals surface area (Å²) in [6.07, 6.45) is 4.15. The maximum Gasteiger partial charge on any atom is 0.305 e. The van der Waals surface area contributed by atoms with E-state index in [2.05, 4.69) is 35.6 Å². The van der Waals surface area contributed by atoms with Crippen molar-refractivity contribution in [3.05, 3.63) is 18.3 Å². The fourth-order valence-corrected chi connectivity index (χ4v) is 2.25. The number of hydrogen-bond donors (Lipinski definition) is 1. The number of rotatable bonds is 10. The lowest BCUT2D eigenvalue weighted by molar-refractivity contribution is -0.136. The van der Waals surface area contributed by atoms with E-state index in [4.69, 9.17) is 5.11 Å². The predicted octanol–water partition coefficient (Wildman–Crippen LogP) is 3.01. The van der Waals surface area contributed by atoms with Crippen molar-refractivity contribution >= 4 is 17.5 Å². The van der Waals surface area contributed by atoms with Gasteiger partial charge < -0.3 is 14.9 Å². The summed E-state index contributed by atoms with van der Waals surface area (Å²) >= 11 is 0. The maximum absolute atomic E-state index is 10.8. The Morgan fingerprint density at radius 1 is 1.14 bits per heavy atom. The zero-order valence-corrected chi connectivity index (χ0v) is 13.4. The van der Waals surface area contributed by atoms with E-state index >= 15 is 0 Å². The van der Waals surface area contributed by atoms with Gasteiger partial charge in [0.15, 0.2) is 0 Å². The Kier molecular flexibility index (Phi) is 7.58. The van der Waals surface area contributed by atoms with E-state index in [9.17, 15) is 4.79 Å². The molecule has 1 N–H and O–H groups in total. The Morgan fingerprint density at radius 2 is 1.86 bits per heavy atom.